The molecule has 0 fully saturated rings. The van der Waals surface area contributed by atoms with E-state index in [1.54, 1.807) is 0 Å². The summed E-state index contributed by atoms with van der Waals surface area (Å²) in [6, 6.07) is 5.82. The average Bonchev–Trinajstić information content (AvgIpc) is 2.39. The van der Waals surface area contributed by atoms with Crippen molar-refractivity contribution in [1.82, 2.24) is 5.32 Å². The predicted molar refractivity (Wildman–Crippen MR) is 78.8 cm³/mol. The van der Waals surface area contributed by atoms with Crippen molar-refractivity contribution in [2.45, 2.75) is 33.6 Å². The lowest BCUT2D eigenvalue weighted by Gasteiger charge is -2.13. The van der Waals surface area contributed by atoms with Crippen molar-refractivity contribution in [2.75, 3.05) is 25.0 Å². The van der Waals surface area contributed by atoms with Gasteiger partial charge in [0.2, 0.25) is 5.91 Å². The van der Waals surface area contributed by atoms with Crippen LogP contribution in [-0.4, -0.2) is 25.6 Å². The second kappa shape index (κ2) is 8.53. The Balaban J connectivity index is 2.62. The second-order valence-corrected chi connectivity index (χ2v) is 4.50. The molecule has 0 aromatic heterocycles. The molecule has 0 spiro atoms. The van der Waals surface area contributed by atoms with Crippen molar-refractivity contribution >= 4 is 11.6 Å². The highest BCUT2D eigenvalue weighted by Gasteiger charge is 2.08. The van der Waals surface area contributed by atoms with E-state index in [-0.39, 0.29) is 5.91 Å². The molecule has 1 amide bonds. The van der Waals surface area contributed by atoms with Crippen molar-refractivity contribution in [1.29, 1.82) is 0 Å². The number of hydrogen-bond acceptors (Lipinski definition) is 3. The fourth-order valence-electron chi connectivity index (χ4n) is 1.66. The van der Waals surface area contributed by atoms with Crippen LogP contribution >= 0.6 is 0 Å². The highest BCUT2D eigenvalue weighted by Crippen LogP contribution is 2.26. The maximum Gasteiger partial charge on any atom is 0.225 e. The quantitative estimate of drug-likeness (QED) is 0.710. The largest absolute Gasteiger partial charge is 0.491 e. The highest BCUT2D eigenvalue weighted by atomic mass is 16.5. The van der Waals surface area contributed by atoms with Gasteiger partial charge in [-0.2, -0.15) is 0 Å². The number of carbonyl (C=O) groups is 1. The topological polar surface area (TPSA) is 50.4 Å². The average molecular weight is 264 g/mol. The lowest BCUT2D eigenvalue weighted by Crippen LogP contribution is -2.21. The second-order valence-electron chi connectivity index (χ2n) is 4.50. The summed E-state index contributed by atoms with van der Waals surface area (Å²) in [5.74, 6) is 0.754. The van der Waals surface area contributed by atoms with E-state index >= 15 is 0 Å². The van der Waals surface area contributed by atoms with Crippen LogP contribution in [0.5, 0.6) is 5.75 Å². The van der Waals surface area contributed by atoms with Crippen molar-refractivity contribution in [3.8, 4) is 5.75 Å². The normalized spacial score (nSPS) is 10.3. The predicted octanol–water partition coefficient (Wildman–Crippen LogP) is 2.72. The summed E-state index contributed by atoms with van der Waals surface area (Å²) in [5.41, 5.74) is 1.87. The van der Waals surface area contributed by atoms with E-state index in [0.717, 1.165) is 30.0 Å². The van der Waals surface area contributed by atoms with Crippen LogP contribution in [0.4, 0.5) is 5.69 Å². The van der Waals surface area contributed by atoms with Crippen LogP contribution in [0.15, 0.2) is 18.2 Å². The van der Waals surface area contributed by atoms with E-state index in [1.807, 2.05) is 32.0 Å². The first-order valence-electron chi connectivity index (χ1n) is 6.91. The van der Waals surface area contributed by atoms with Crippen LogP contribution in [0.2, 0.25) is 0 Å². The number of rotatable bonds is 8. The van der Waals surface area contributed by atoms with Gasteiger partial charge < -0.3 is 15.4 Å². The van der Waals surface area contributed by atoms with E-state index in [9.17, 15) is 4.79 Å². The molecule has 4 nitrogen and oxygen atoms in total. The summed E-state index contributed by atoms with van der Waals surface area (Å²) >= 11 is 0. The number of ether oxygens (including phenoxy) is 1. The molecule has 0 saturated carbocycles. The fraction of sp³-hybridized carbons (Fsp3) is 0.533. The van der Waals surface area contributed by atoms with Gasteiger partial charge in [0.05, 0.1) is 12.3 Å². The molecule has 0 heterocycles. The summed E-state index contributed by atoms with van der Waals surface area (Å²) in [6.45, 7) is 8.32. The van der Waals surface area contributed by atoms with Crippen LogP contribution in [0.1, 0.15) is 32.3 Å². The molecule has 0 aliphatic rings. The molecule has 0 atom stereocenters. The Kier molecular flexibility index (Phi) is 6.97. The molecule has 0 radical (unpaired) electrons. The lowest BCUT2D eigenvalue weighted by molar-refractivity contribution is -0.116. The van der Waals surface area contributed by atoms with Gasteiger partial charge in [-0.05, 0) is 37.6 Å². The molecule has 0 saturated heterocycles. The molecular weight excluding hydrogens is 240 g/mol. The third kappa shape index (κ3) is 5.75. The van der Waals surface area contributed by atoms with Gasteiger partial charge >= 0.3 is 0 Å². The van der Waals surface area contributed by atoms with Gasteiger partial charge in [-0.1, -0.05) is 19.9 Å². The smallest absolute Gasteiger partial charge is 0.225 e. The Hall–Kier alpha value is -1.55. The minimum atomic E-state index is 0.00570. The summed E-state index contributed by atoms with van der Waals surface area (Å²) in [4.78, 5) is 11.8. The Bertz CT molecular complexity index is 405. The third-order valence-corrected chi connectivity index (χ3v) is 2.65. The molecule has 0 aliphatic heterocycles. The van der Waals surface area contributed by atoms with Crippen LogP contribution in [-0.2, 0) is 4.79 Å². The monoisotopic (exact) mass is 264 g/mol. The molecule has 0 aliphatic carbocycles. The molecule has 0 unspecified atom stereocenters. The summed E-state index contributed by atoms with van der Waals surface area (Å²) in [5, 5.41) is 6.03. The molecule has 0 bridgehead atoms. The summed E-state index contributed by atoms with van der Waals surface area (Å²) < 4.78 is 5.66. The Morgan fingerprint density at radius 3 is 2.79 bits per heavy atom. The maximum absolute atomic E-state index is 11.8. The Morgan fingerprint density at radius 2 is 2.11 bits per heavy atom. The molecule has 1 rings (SSSR count). The van der Waals surface area contributed by atoms with Gasteiger partial charge in [0.1, 0.15) is 5.75 Å². The van der Waals surface area contributed by atoms with Crippen LogP contribution in [0.3, 0.4) is 0 Å². The first kappa shape index (κ1) is 15.5. The van der Waals surface area contributed by atoms with Crippen LogP contribution in [0.25, 0.3) is 0 Å². The molecule has 106 valence electrons. The number of benzene rings is 1. The molecule has 1 aromatic rings. The summed E-state index contributed by atoms with van der Waals surface area (Å²) in [7, 11) is 0. The number of hydrogen-bond donors (Lipinski definition) is 2. The number of nitrogens with one attached hydrogen (secondary N) is 2. The lowest BCUT2D eigenvalue weighted by atomic mass is 10.2. The van der Waals surface area contributed by atoms with Gasteiger partial charge in [-0.3, -0.25) is 4.79 Å². The van der Waals surface area contributed by atoms with Gasteiger partial charge in [-0.15, -0.1) is 0 Å². The number of anilines is 1. The van der Waals surface area contributed by atoms with E-state index in [4.69, 9.17) is 4.74 Å². The van der Waals surface area contributed by atoms with Gasteiger partial charge in [-0.25, -0.2) is 0 Å². The van der Waals surface area contributed by atoms with Crippen molar-refractivity contribution in [3.63, 3.8) is 0 Å². The SMILES string of the molecule is CCCOc1cc(C)ccc1NC(=O)CCNCC. The third-order valence-electron chi connectivity index (χ3n) is 2.65. The Labute approximate surface area is 115 Å². The molecular formula is C15H24N2O2. The molecule has 4 heteroatoms. The van der Waals surface area contributed by atoms with E-state index in [1.165, 1.54) is 0 Å². The first-order chi connectivity index (χ1) is 9.17. The Morgan fingerprint density at radius 1 is 1.32 bits per heavy atom. The van der Waals surface area contributed by atoms with Gasteiger partial charge in [0.25, 0.3) is 0 Å². The van der Waals surface area contributed by atoms with Crippen molar-refractivity contribution < 1.29 is 9.53 Å². The minimum Gasteiger partial charge on any atom is -0.491 e. The first-order valence-corrected chi connectivity index (χ1v) is 6.91. The van der Waals surface area contributed by atoms with E-state index < -0.39 is 0 Å². The van der Waals surface area contributed by atoms with Crippen LogP contribution in [0, 0.1) is 6.92 Å². The van der Waals surface area contributed by atoms with Crippen molar-refractivity contribution in [2.24, 2.45) is 0 Å². The molecule has 2 N–H and O–H groups in total. The van der Waals surface area contributed by atoms with Crippen LogP contribution < -0.4 is 15.4 Å². The zero-order valence-electron chi connectivity index (χ0n) is 12.1. The standard InChI is InChI=1S/C15H24N2O2/c1-4-10-19-14-11-12(3)6-7-13(14)17-15(18)8-9-16-5-2/h6-7,11,16H,4-5,8-10H2,1-3H3,(H,17,18). The zero-order valence-corrected chi connectivity index (χ0v) is 12.1. The van der Waals surface area contributed by atoms with E-state index in [0.29, 0.717) is 19.6 Å². The molecule has 19 heavy (non-hydrogen) atoms. The van der Waals surface area contributed by atoms with Gasteiger partial charge in [0, 0.05) is 13.0 Å². The number of amides is 1. The number of aryl methyl sites for hydroxylation is 1. The maximum atomic E-state index is 11.8. The van der Waals surface area contributed by atoms with E-state index in [2.05, 4.69) is 17.6 Å². The fourth-order valence-corrected chi connectivity index (χ4v) is 1.66. The zero-order chi connectivity index (χ0) is 14.1. The summed E-state index contributed by atoms with van der Waals surface area (Å²) in [6.07, 6.45) is 1.41. The minimum absolute atomic E-state index is 0.00570. The van der Waals surface area contributed by atoms with Gasteiger partial charge in [0.15, 0.2) is 0 Å². The number of carbonyl (C=O) groups excluding carboxylic acids is 1. The van der Waals surface area contributed by atoms with Crippen molar-refractivity contribution in [3.05, 3.63) is 23.8 Å². The highest BCUT2D eigenvalue weighted by molar-refractivity contribution is 5.92. The molecule has 1 aromatic carbocycles.